The lowest BCUT2D eigenvalue weighted by Crippen LogP contribution is -2.41. The van der Waals surface area contributed by atoms with E-state index in [4.69, 9.17) is 4.74 Å². The zero-order chi connectivity index (χ0) is 15.5. The van der Waals surface area contributed by atoms with Crippen molar-refractivity contribution in [1.82, 2.24) is 4.90 Å². The van der Waals surface area contributed by atoms with Gasteiger partial charge in [-0.15, -0.1) is 0 Å². The van der Waals surface area contributed by atoms with Crippen molar-refractivity contribution in [2.24, 2.45) is 5.41 Å². The van der Waals surface area contributed by atoms with E-state index in [1.807, 2.05) is 11.8 Å². The fourth-order valence-electron chi connectivity index (χ4n) is 2.69. The van der Waals surface area contributed by atoms with E-state index < -0.39 is 0 Å². The Labute approximate surface area is 133 Å². The molecule has 0 saturated carbocycles. The molecule has 1 N–H and O–H groups in total. The standard InChI is InChI=1S/C17H28N2OS/c1-17(2)8-9-21-12-16(17)18-14-10-13(11-19(3)4)6-7-15(14)20-5/h6-7,10,16,18H,8-9,11-12H2,1-5H3. The fraction of sp³-hybridized carbons (Fsp3) is 0.647. The monoisotopic (exact) mass is 308 g/mol. The second-order valence-corrected chi connectivity index (χ2v) is 7.93. The third-order valence-corrected chi connectivity index (χ3v) is 5.27. The molecule has 1 aromatic rings. The third-order valence-electron chi connectivity index (χ3n) is 4.21. The molecule has 3 nitrogen and oxygen atoms in total. The van der Waals surface area contributed by atoms with Crippen LogP contribution in [0, 0.1) is 5.41 Å². The second-order valence-electron chi connectivity index (χ2n) is 6.78. The molecule has 0 bridgehead atoms. The molecule has 0 spiro atoms. The number of anilines is 1. The fourth-order valence-corrected chi connectivity index (χ4v) is 4.30. The second kappa shape index (κ2) is 6.93. The molecule has 1 aromatic carbocycles. The average molecular weight is 308 g/mol. The minimum absolute atomic E-state index is 0.327. The van der Waals surface area contributed by atoms with E-state index in [1.54, 1.807) is 7.11 Å². The predicted molar refractivity (Wildman–Crippen MR) is 93.5 cm³/mol. The summed E-state index contributed by atoms with van der Waals surface area (Å²) in [5.74, 6) is 3.36. The van der Waals surface area contributed by atoms with Gasteiger partial charge >= 0.3 is 0 Å². The first-order valence-corrected chi connectivity index (χ1v) is 8.74. The number of nitrogens with zero attached hydrogens (tertiary/aromatic N) is 1. The van der Waals surface area contributed by atoms with E-state index in [-0.39, 0.29) is 0 Å². The zero-order valence-electron chi connectivity index (χ0n) is 13.9. The third kappa shape index (κ3) is 4.30. The highest BCUT2D eigenvalue weighted by molar-refractivity contribution is 7.99. The van der Waals surface area contributed by atoms with Gasteiger partial charge in [-0.25, -0.2) is 0 Å². The van der Waals surface area contributed by atoms with E-state index in [0.29, 0.717) is 11.5 Å². The molecule has 118 valence electrons. The van der Waals surface area contributed by atoms with Crippen LogP contribution >= 0.6 is 11.8 Å². The lowest BCUT2D eigenvalue weighted by molar-refractivity contribution is 0.304. The highest BCUT2D eigenvalue weighted by Crippen LogP contribution is 2.38. The van der Waals surface area contributed by atoms with Gasteiger partial charge in [0.25, 0.3) is 0 Å². The quantitative estimate of drug-likeness (QED) is 0.896. The molecular formula is C17H28N2OS. The maximum absolute atomic E-state index is 5.53. The van der Waals surface area contributed by atoms with Crippen molar-refractivity contribution in [3.05, 3.63) is 23.8 Å². The molecule has 4 heteroatoms. The first kappa shape index (κ1) is 16.5. The molecule has 0 aliphatic carbocycles. The number of thioether (sulfide) groups is 1. The van der Waals surface area contributed by atoms with Crippen LogP contribution in [0.5, 0.6) is 5.75 Å². The highest BCUT2D eigenvalue weighted by atomic mass is 32.2. The van der Waals surface area contributed by atoms with Crippen molar-refractivity contribution >= 4 is 17.4 Å². The van der Waals surface area contributed by atoms with Crippen molar-refractivity contribution in [2.75, 3.05) is 38.0 Å². The predicted octanol–water partition coefficient (Wildman–Crippen LogP) is 3.70. The summed E-state index contributed by atoms with van der Waals surface area (Å²) >= 11 is 2.04. The molecule has 0 aromatic heterocycles. The van der Waals surface area contributed by atoms with Gasteiger partial charge in [0.1, 0.15) is 5.75 Å². The minimum Gasteiger partial charge on any atom is -0.495 e. The van der Waals surface area contributed by atoms with Crippen molar-refractivity contribution in [2.45, 2.75) is 32.9 Å². The highest BCUT2D eigenvalue weighted by Gasteiger charge is 2.32. The van der Waals surface area contributed by atoms with Crippen molar-refractivity contribution in [1.29, 1.82) is 0 Å². The van der Waals surface area contributed by atoms with Crippen LogP contribution in [0.2, 0.25) is 0 Å². The van der Waals surface area contributed by atoms with Crippen LogP contribution in [0.3, 0.4) is 0 Å². The topological polar surface area (TPSA) is 24.5 Å². The van der Waals surface area contributed by atoms with Gasteiger partial charge in [0.05, 0.1) is 12.8 Å². The van der Waals surface area contributed by atoms with Crippen LogP contribution in [0.4, 0.5) is 5.69 Å². The van der Waals surface area contributed by atoms with Gasteiger partial charge in [0.15, 0.2) is 0 Å². The SMILES string of the molecule is COc1ccc(CN(C)C)cc1NC1CSCCC1(C)C. The van der Waals surface area contributed by atoms with Crippen molar-refractivity contribution < 1.29 is 4.74 Å². The van der Waals surface area contributed by atoms with Crippen LogP contribution in [0.25, 0.3) is 0 Å². The summed E-state index contributed by atoms with van der Waals surface area (Å²) < 4.78 is 5.53. The summed E-state index contributed by atoms with van der Waals surface area (Å²) in [5.41, 5.74) is 2.76. The Kier molecular flexibility index (Phi) is 5.44. The molecule has 0 radical (unpaired) electrons. The number of hydrogen-bond donors (Lipinski definition) is 1. The molecule has 1 atom stereocenters. The van der Waals surface area contributed by atoms with Crippen LogP contribution in [0.1, 0.15) is 25.8 Å². The molecule has 21 heavy (non-hydrogen) atoms. The minimum atomic E-state index is 0.327. The van der Waals surface area contributed by atoms with Gasteiger partial charge in [0.2, 0.25) is 0 Å². The number of rotatable bonds is 5. The van der Waals surface area contributed by atoms with Crippen LogP contribution in [0.15, 0.2) is 18.2 Å². The van der Waals surface area contributed by atoms with Crippen LogP contribution in [-0.4, -0.2) is 43.7 Å². The smallest absolute Gasteiger partial charge is 0.141 e. The number of nitrogens with one attached hydrogen (secondary N) is 1. The molecule has 0 amide bonds. The lowest BCUT2D eigenvalue weighted by Gasteiger charge is -2.39. The Morgan fingerprint density at radius 1 is 1.38 bits per heavy atom. The van der Waals surface area contributed by atoms with Crippen molar-refractivity contribution in [3.63, 3.8) is 0 Å². The summed E-state index contributed by atoms with van der Waals surface area (Å²) in [6, 6.07) is 6.93. The van der Waals surface area contributed by atoms with Crippen molar-refractivity contribution in [3.8, 4) is 5.75 Å². The van der Waals surface area contributed by atoms with E-state index in [0.717, 1.165) is 23.7 Å². The van der Waals surface area contributed by atoms with Gasteiger partial charge in [-0.05, 0) is 49.4 Å². The van der Waals surface area contributed by atoms with Gasteiger partial charge in [-0.3, -0.25) is 0 Å². The van der Waals surface area contributed by atoms with E-state index in [1.165, 1.54) is 17.7 Å². The molecule has 1 saturated heterocycles. The Morgan fingerprint density at radius 2 is 2.14 bits per heavy atom. The average Bonchev–Trinajstić information content (AvgIpc) is 2.41. The largest absolute Gasteiger partial charge is 0.495 e. The van der Waals surface area contributed by atoms with E-state index in [9.17, 15) is 0 Å². The van der Waals surface area contributed by atoms with Crippen LogP contribution < -0.4 is 10.1 Å². The molecule has 1 unspecified atom stereocenters. The first-order valence-electron chi connectivity index (χ1n) is 7.58. The maximum Gasteiger partial charge on any atom is 0.141 e. The first-order chi connectivity index (χ1) is 9.92. The Balaban J connectivity index is 2.20. The molecule has 1 fully saturated rings. The number of benzene rings is 1. The molecule has 1 heterocycles. The Hall–Kier alpha value is -0.870. The van der Waals surface area contributed by atoms with Gasteiger partial charge < -0.3 is 15.0 Å². The van der Waals surface area contributed by atoms with Gasteiger partial charge in [-0.1, -0.05) is 19.9 Å². The summed E-state index contributed by atoms with van der Waals surface area (Å²) in [6.45, 7) is 5.67. The maximum atomic E-state index is 5.53. The summed E-state index contributed by atoms with van der Waals surface area (Å²) in [7, 11) is 5.93. The summed E-state index contributed by atoms with van der Waals surface area (Å²) in [6.07, 6.45) is 1.26. The Morgan fingerprint density at radius 3 is 2.76 bits per heavy atom. The Bertz CT molecular complexity index is 474. The molecule has 1 aliphatic heterocycles. The van der Waals surface area contributed by atoms with Gasteiger partial charge in [0, 0.05) is 18.3 Å². The molecule has 2 rings (SSSR count). The number of methoxy groups -OCH3 is 1. The van der Waals surface area contributed by atoms with E-state index >= 15 is 0 Å². The van der Waals surface area contributed by atoms with Crippen LogP contribution in [-0.2, 0) is 6.54 Å². The lowest BCUT2D eigenvalue weighted by atomic mass is 9.82. The van der Waals surface area contributed by atoms with E-state index in [2.05, 4.69) is 56.4 Å². The number of hydrogen-bond acceptors (Lipinski definition) is 4. The molecule has 1 aliphatic rings. The van der Waals surface area contributed by atoms with Gasteiger partial charge in [-0.2, -0.15) is 11.8 Å². The zero-order valence-corrected chi connectivity index (χ0v) is 14.7. The normalized spacial score (nSPS) is 21.3. The number of ether oxygens (including phenoxy) is 1. The molecular weight excluding hydrogens is 280 g/mol. The summed E-state index contributed by atoms with van der Waals surface area (Å²) in [5, 5.41) is 3.74. The summed E-state index contributed by atoms with van der Waals surface area (Å²) in [4.78, 5) is 2.19.